The molecule has 0 atom stereocenters. The molecule has 0 saturated carbocycles. The Hall–Kier alpha value is -1.67. The van der Waals surface area contributed by atoms with E-state index in [-0.39, 0.29) is 0 Å². The summed E-state index contributed by atoms with van der Waals surface area (Å²) in [5.41, 5.74) is 0.924. The van der Waals surface area contributed by atoms with E-state index < -0.39 is 0 Å². The first-order valence-electron chi connectivity index (χ1n) is 5.82. The van der Waals surface area contributed by atoms with Gasteiger partial charge in [-0.05, 0) is 31.0 Å². The predicted molar refractivity (Wildman–Crippen MR) is 75.2 cm³/mol. The van der Waals surface area contributed by atoms with Gasteiger partial charge in [-0.2, -0.15) is 5.26 Å². The van der Waals surface area contributed by atoms with E-state index in [4.69, 9.17) is 5.26 Å². The minimum Gasteiger partial charge on any atom is -0.369 e. The molecule has 0 aliphatic rings. The van der Waals surface area contributed by atoms with Gasteiger partial charge in [0.15, 0.2) is 0 Å². The molecule has 1 heterocycles. The molecule has 0 aliphatic heterocycles. The third-order valence-corrected chi connectivity index (χ3v) is 3.10. The number of fused-ring (bicyclic) bond motifs is 1. The van der Waals surface area contributed by atoms with Crippen molar-refractivity contribution in [2.45, 2.75) is 19.3 Å². The normalized spacial score (nSPS) is 10.2. The Bertz CT molecular complexity index is 577. The molecular formula is C13H13BrN4. The lowest BCUT2D eigenvalue weighted by molar-refractivity contribution is 0.783. The van der Waals surface area contributed by atoms with E-state index >= 15 is 0 Å². The molecule has 18 heavy (non-hydrogen) atoms. The highest BCUT2D eigenvalue weighted by Crippen LogP contribution is 2.23. The molecule has 5 heteroatoms. The fourth-order valence-electron chi connectivity index (χ4n) is 1.71. The highest BCUT2D eigenvalue weighted by atomic mass is 79.9. The van der Waals surface area contributed by atoms with Crippen LogP contribution >= 0.6 is 15.9 Å². The Balaban J connectivity index is 2.08. The monoisotopic (exact) mass is 304 g/mol. The highest BCUT2D eigenvalue weighted by molar-refractivity contribution is 9.10. The van der Waals surface area contributed by atoms with E-state index in [2.05, 4.69) is 37.3 Å². The second-order valence-corrected chi connectivity index (χ2v) is 4.84. The second kappa shape index (κ2) is 6.31. The number of nitrogens with zero attached hydrogens (tertiary/aromatic N) is 3. The van der Waals surface area contributed by atoms with Crippen LogP contribution in [0.4, 0.5) is 5.82 Å². The zero-order chi connectivity index (χ0) is 12.8. The molecule has 92 valence electrons. The summed E-state index contributed by atoms with van der Waals surface area (Å²) >= 11 is 3.45. The Morgan fingerprint density at radius 1 is 1.28 bits per heavy atom. The fraction of sp³-hybridized carbons (Fsp3) is 0.308. The van der Waals surface area contributed by atoms with Gasteiger partial charge in [0.2, 0.25) is 0 Å². The number of aromatic nitrogens is 2. The van der Waals surface area contributed by atoms with Gasteiger partial charge < -0.3 is 5.32 Å². The van der Waals surface area contributed by atoms with Crippen LogP contribution < -0.4 is 5.32 Å². The van der Waals surface area contributed by atoms with Crippen molar-refractivity contribution >= 4 is 32.7 Å². The summed E-state index contributed by atoms with van der Waals surface area (Å²) in [5, 5.41) is 12.8. The summed E-state index contributed by atoms with van der Waals surface area (Å²) in [6, 6.07) is 8.08. The molecule has 4 nitrogen and oxygen atoms in total. The van der Waals surface area contributed by atoms with Crippen LogP contribution in [0, 0.1) is 11.3 Å². The van der Waals surface area contributed by atoms with E-state index in [0.717, 1.165) is 40.6 Å². The third kappa shape index (κ3) is 3.17. The molecular weight excluding hydrogens is 292 g/mol. The second-order valence-electron chi connectivity index (χ2n) is 3.93. The van der Waals surface area contributed by atoms with Gasteiger partial charge >= 0.3 is 0 Å². The van der Waals surface area contributed by atoms with Gasteiger partial charge in [0.05, 0.1) is 11.6 Å². The number of halogens is 1. The van der Waals surface area contributed by atoms with E-state index in [1.807, 2.05) is 18.2 Å². The number of unbranched alkanes of at least 4 members (excludes halogenated alkanes) is 2. The van der Waals surface area contributed by atoms with Gasteiger partial charge in [0, 0.05) is 22.8 Å². The molecule has 0 unspecified atom stereocenters. The van der Waals surface area contributed by atoms with Crippen molar-refractivity contribution in [1.82, 2.24) is 9.97 Å². The molecule has 1 N–H and O–H groups in total. The van der Waals surface area contributed by atoms with Crippen molar-refractivity contribution in [3.63, 3.8) is 0 Å². The van der Waals surface area contributed by atoms with Gasteiger partial charge in [-0.15, -0.1) is 0 Å². The zero-order valence-electron chi connectivity index (χ0n) is 9.86. The van der Waals surface area contributed by atoms with E-state index in [0.29, 0.717) is 6.42 Å². The van der Waals surface area contributed by atoms with Crippen LogP contribution in [-0.4, -0.2) is 16.5 Å². The van der Waals surface area contributed by atoms with Crippen molar-refractivity contribution in [1.29, 1.82) is 5.26 Å². The zero-order valence-corrected chi connectivity index (χ0v) is 11.4. The Kier molecular flexibility index (Phi) is 4.48. The van der Waals surface area contributed by atoms with Crippen LogP contribution in [0.25, 0.3) is 10.9 Å². The van der Waals surface area contributed by atoms with Crippen molar-refractivity contribution in [2.75, 3.05) is 11.9 Å². The molecule has 0 aliphatic carbocycles. The van der Waals surface area contributed by atoms with E-state index in [1.54, 1.807) is 6.33 Å². The average Bonchev–Trinajstić information content (AvgIpc) is 2.39. The minimum atomic E-state index is 0.609. The van der Waals surface area contributed by atoms with Gasteiger partial charge in [0.25, 0.3) is 0 Å². The number of hydrogen-bond donors (Lipinski definition) is 1. The quantitative estimate of drug-likeness (QED) is 0.859. The van der Waals surface area contributed by atoms with Crippen LogP contribution in [-0.2, 0) is 0 Å². The SMILES string of the molecule is N#CCCCCNc1ncnc2ccc(Br)cc12. The molecule has 2 rings (SSSR count). The van der Waals surface area contributed by atoms with Gasteiger partial charge in [-0.3, -0.25) is 0 Å². The fourth-order valence-corrected chi connectivity index (χ4v) is 2.07. The smallest absolute Gasteiger partial charge is 0.137 e. The summed E-state index contributed by atoms with van der Waals surface area (Å²) < 4.78 is 1.01. The standard InChI is InChI=1S/C13H13BrN4/c14-10-4-5-12-11(8-10)13(18-9-17-12)16-7-3-1-2-6-15/h4-5,8-9H,1-3,7H2,(H,16,17,18). The number of nitriles is 1. The maximum atomic E-state index is 8.46. The first-order chi connectivity index (χ1) is 8.81. The van der Waals surface area contributed by atoms with Crippen LogP contribution in [0.2, 0.25) is 0 Å². The lowest BCUT2D eigenvalue weighted by atomic mass is 10.2. The molecule has 0 radical (unpaired) electrons. The molecule has 2 aromatic rings. The number of benzene rings is 1. The Labute approximate surface area is 114 Å². The van der Waals surface area contributed by atoms with Crippen LogP contribution in [0.3, 0.4) is 0 Å². The minimum absolute atomic E-state index is 0.609. The van der Waals surface area contributed by atoms with Crippen LogP contribution in [0.15, 0.2) is 29.0 Å². The lowest BCUT2D eigenvalue weighted by Gasteiger charge is -2.07. The number of nitrogens with one attached hydrogen (secondary N) is 1. The number of hydrogen-bond acceptors (Lipinski definition) is 4. The van der Waals surface area contributed by atoms with E-state index in [9.17, 15) is 0 Å². The first-order valence-corrected chi connectivity index (χ1v) is 6.61. The first kappa shape index (κ1) is 12.8. The van der Waals surface area contributed by atoms with Gasteiger partial charge in [0.1, 0.15) is 12.1 Å². The Morgan fingerprint density at radius 2 is 2.17 bits per heavy atom. The molecule has 0 fully saturated rings. The van der Waals surface area contributed by atoms with Crippen molar-refractivity contribution in [3.8, 4) is 6.07 Å². The van der Waals surface area contributed by atoms with Gasteiger partial charge in [-0.25, -0.2) is 9.97 Å². The lowest BCUT2D eigenvalue weighted by Crippen LogP contribution is -2.04. The van der Waals surface area contributed by atoms with Crippen LogP contribution in [0.1, 0.15) is 19.3 Å². The molecule has 1 aromatic heterocycles. The van der Waals surface area contributed by atoms with E-state index in [1.165, 1.54) is 0 Å². The Morgan fingerprint density at radius 3 is 3.00 bits per heavy atom. The molecule has 0 amide bonds. The third-order valence-electron chi connectivity index (χ3n) is 2.61. The summed E-state index contributed by atoms with van der Waals surface area (Å²) in [4.78, 5) is 8.48. The van der Waals surface area contributed by atoms with Crippen molar-refractivity contribution in [3.05, 3.63) is 29.0 Å². The molecule has 0 spiro atoms. The topological polar surface area (TPSA) is 61.6 Å². The maximum Gasteiger partial charge on any atom is 0.137 e. The average molecular weight is 305 g/mol. The summed E-state index contributed by atoms with van der Waals surface area (Å²) in [6.45, 7) is 0.820. The largest absolute Gasteiger partial charge is 0.369 e. The summed E-state index contributed by atoms with van der Waals surface area (Å²) in [7, 11) is 0. The predicted octanol–water partition coefficient (Wildman–Crippen LogP) is 3.50. The highest BCUT2D eigenvalue weighted by Gasteiger charge is 2.03. The maximum absolute atomic E-state index is 8.46. The summed E-state index contributed by atoms with van der Waals surface area (Å²) in [5.74, 6) is 0.846. The number of anilines is 1. The number of rotatable bonds is 5. The molecule has 0 saturated heterocycles. The molecule has 0 bridgehead atoms. The van der Waals surface area contributed by atoms with Crippen molar-refractivity contribution in [2.24, 2.45) is 0 Å². The van der Waals surface area contributed by atoms with Gasteiger partial charge in [-0.1, -0.05) is 15.9 Å². The van der Waals surface area contributed by atoms with Crippen molar-refractivity contribution < 1.29 is 0 Å². The van der Waals surface area contributed by atoms with Crippen LogP contribution in [0.5, 0.6) is 0 Å². The summed E-state index contributed by atoms with van der Waals surface area (Å²) in [6.07, 6.45) is 4.05. The molecule has 1 aromatic carbocycles.